The fourth-order valence-corrected chi connectivity index (χ4v) is 3.59. The SMILES string of the molecule is CCOC(=O)C1CCCCN1CCC1CCCCN1C. The lowest BCUT2D eigenvalue weighted by atomic mass is 9.97. The van der Waals surface area contributed by atoms with Crippen molar-refractivity contribution in [3.63, 3.8) is 0 Å². The predicted molar refractivity (Wildman–Crippen MR) is 80.7 cm³/mol. The van der Waals surface area contributed by atoms with Gasteiger partial charge < -0.3 is 9.64 Å². The Kier molecular flexibility index (Phi) is 6.30. The van der Waals surface area contributed by atoms with Crippen LogP contribution in [0, 0.1) is 0 Å². The molecule has 0 N–H and O–H groups in total. The van der Waals surface area contributed by atoms with E-state index in [1.54, 1.807) is 0 Å². The topological polar surface area (TPSA) is 32.8 Å². The van der Waals surface area contributed by atoms with Crippen LogP contribution >= 0.6 is 0 Å². The van der Waals surface area contributed by atoms with Gasteiger partial charge in [-0.3, -0.25) is 9.69 Å². The summed E-state index contributed by atoms with van der Waals surface area (Å²) in [6, 6.07) is 0.714. The minimum Gasteiger partial charge on any atom is -0.465 e. The maximum Gasteiger partial charge on any atom is 0.323 e. The van der Waals surface area contributed by atoms with E-state index in [2.05, 4.69) is 16.8 Å². The highest BCUT2D eigenvalue weighted by molar-refractivity contribution is 5.75. The average Bonchev–Trinajstić information content (AvgIpc) is 2.47. The molecule has 2 saturated heterocycles. The zero-order chi connectivity index (χ0) is 14.4. The van der Waals surface area contributed by atoms with Crippen molar-refractivity contribution >= 4 is 5.97 Å². The Labute approximate surface area is 123 Å². The summed E-state index contributed by atoms with van der Waals surface area (Å²) in [6.45, 7) is 5.71. The Bertz CT molecular complexity index is 309. The molecule has 20 heavy (non-hydrogen) atoms. The molecule has 2 rings (SSSR count). The average molecular weight is 282 g/mol. The van der Waals surface area contributed by atoms with Crippen molar-refractivity contribution in [2.24, 2.45) is 0 Å². The molecule has 0 saturated carbocycles. The third-order valence-corrected chi connectivity index (χ3v) is 4.84. The standard InChI is InChI=1S/C16H30N2O2/c1-3-20-16(19)15-9-5-7-12-18(15)13-10-14-8-4-6-11-17(14)2/h14-15H,3-13H2,1-2H3. The van der Waals surface area contributed by atoms with E-state index >= 15 is 0 Å². The van der Waals surface area contributed by atoms with Gasteiger partial charge in [0.2, 0.25) is 0 Å². The lowest BCUT2D eigenvalue weighted by Crippen LogP contribution is -2.47. The second-order valence-electron chi connectivity index (χ2n) is 6.22. The first-order valence-corrected chi connectivity index (χ1v) is 8.33. The maximum atomic E-state index is 12.0. The molecule has 0 amide bonds. The molecule has 2 atom stereocenters. The van der Waals surface area contributed by atoms with E-state index in [-0.39, 0.29) is 12.0 Å². The van der Waals surface area contributed by atoms with Crippen molar-refractivity contribution < 1.29 is 9.53 Å². The minimum absolute atomic E-state index is 0.0100. The van der Waals surface area contributed by atoms with E-state index in [4.69, 9.17) is 4.74 Å². The largest absolute Gasteiger partial charge is 0.465 e. The van der Waals surface area contributed by atoms with Crippen molar-refractivity contribution in [1.82, 2.24) is 9.80 Å². The summed E-state index contributed by atoms with van der Waals surface area (Å²) < 4.78 is 5.23. The van der Waals surface area contributed by atoms with Gasteiger partial charge in [-0.2, -0.15) is 0 Å². The molecule has 0 aliphatic carbocycles. The molecule has 2 aliphatic heterocycles. The number of piperidine rings is 2. The van der Waals surface area contributed by atoms with Gasteiger partial charge in [-0.15, -0.1) is 0 Å². The van der Waals surface area contributed by atoms with Crippen molar-refractivity contribution in [2.75, 3.05) is 33.3 Å². The Morgan fingerprint density at radius 1 is 1.15 bits per heavy atom. The van der Waals surface area contributed by atoms with Crippen LogP contribution in [-0.4, -0.2) is 61.1 Å². The summed E-state index contributed by atoms with van der Waals surface area (Å²) >= 11 is 0. The van der Waals surface area contributed by atoms with E-state index in [9.17, 15) is 4.79 Å². The van der Waals surface area contributed by atoms with Gasteiger partial charge in [-0.25, -0.2) is 0 Å². The number of ether oxygens (including phenoxy) is 1. The molecular formula is C16H30N2O2. The van der Waals surface area contributed by atoms with Crippen LogP contribution in [0.5, 0.6) is 0 Å². The molecular weight excluding hydrogens is 252 g/mol. The minimum atomic E-state index is -0.0100. The van der Waals surface area contributed by atoms with Gasteiger partial charge in [0.15, 0.2) is 0 Å². The summed E-state index contributed by atoms with van der Waals surface area (Å²) in [6.07, 6.45) is 8.54. The van der Waals surface area contributed by atoms with Gasteiger partial charge in [-0.1, -0.05) is 12.8 Å². The Hall–Kier alpha value is -0.610. The Balaban J connectivity index is 1.83. The van der Waals surface area contributed by atoms with Crippen molar-refractivity contribution in [3.05, 3.63) is 0 Å². The lowest BCUT2D eigenvalue weighted by Gasteiger charge is -2.37. The number of rotatable bonds is 5. The molecule has 0 aromatic rings. The number of hydrogen-bond donors (Lipinski definition) is 0. The van der Waals surface area contributed by atoms with Gasteiger partial charge in [0.25, 0.3) is 0 Å². The molecule has 2 heterocycles. The zero-order valence-electron chi connectivity index (χ0n) is 13.1. The molecule has 2 fully saturated rings. The smallest absolute Gasteiger partial charge is 0.323 e. The highest BCUT2D eigenvalue weighted by Crippen LogP contribution is 2.22. The van der Waals surface area contributed by atoms with Crippen LogP contribution in [0.25, 0.3) is 0 Å². The molecule has 0 aromatic carbocycles. The Morgan fingerprint density at radius 3 is 2.65 bits per heavy atom. The molecule has 2 aliphatic rings. The number of nitrogens with zero attached hydrogens (tertiary/aromatic N) is 2. The van der Waals surface area contributed by atoms with Crippen LogP contribution in [-0.2, 0) is 9.53 Å². The molecule has 4 heteroatoms. The van der Waals surface area contributed by atoms with Gasteiger partial charge in [0.05, 0.1) is 6.61 Å². The first-order valence-electron chi connectivity index (χ1n) is 8.33. The van der Waals surface area contributed by atoms with E-state index in [1.165, 1.54) is 38.6 Å². The molecule has 2 unspecified atom stereocenters. The van der Waals surface area contributed by atoms with Crippen molar-refractivity contribution in [3.8, 4) is 0 Å². The highest BCUT2D eigenvalue weighted by atomic mass is 16.5. The normalized spacial score (nSPS) is 29.3. The first kappa shape index (κ1) is 15.8. The van der Waals surface area contributed by atoms with Gasteiger partial charge in [-0.05, 0) is 59.2 Å². The molecule has 0 spiro atoms. The van der Waals surface area contributed by atoms with Crippen LogP contribution in [0.3, 0.4) is 0 Å². The van der Waals surface area contributed by atoms with Crippen molar-refractivity contribution in [2.45, 2.75) is 64.0 Å². The molecule has 0 aromatic heterocycles. The molecule has 0 bridgehead atoms. The number of carbonyl (C=O) groups is 1. The van der Waals surface area contributed by atoms with E-state index < -0.39 is 0 Å². The highest BCUT2D eigenvalue weighted by Gasteiger charge is 2.30. The van der Waals surface area contributed by atoms with Crippen molar-refractivity contribution in [1.29, 1.82) is 0 Å². The number of hydrogen-bond acceptors (Lipinski definition) is 4. The van der Waals surface area contributed by atoms with Crippen LogP contribution in [0.1, 0.15) is 51.9 Å². The fraction of sp³-hybridized carbons (Fsp3) is 0.938. The Morgan fingerprint density at radius 2 is 1.90 bits per heavy atom. The first-order chi connectivity index (χ1) is 9.72. The summed E-state index contributed by atoms with van der Waals surface area (Å²) in [7, 11) is 2.24. The van der Waals surface area contributed by atoms with Gasteiger partial charge in [0.1, 0.15) is 6.04 Å². The van der Waals surface area contributed by atoms with E-state index in [1.807, 2.05) is 6.92 Å². The van der Waals surface area contributed by atoms with E-state index in [0.717, 1.165) is 25.9 Å². The fourth-order valence-electron chi connectivity index (χ4n) is 3.59. The summed E-state index contributed by atoms with van der Waals surface area (Å²) in [4.78, 5) is 16.9. The van der Waals surface area contributed by atoms with Crippen LogP contribution in [0.2, 0.25) is 0 Å². The third-order valence-electron chi connectivity index (χ3n) is 4.84. The van der Waals surface area contributed by atoms with Crippen LogP contribution in [0.4, 0.5) is 0 Å². The summed E-state index contributed by atoms with van der Waals surface area (Å²) in [5.74, 6) is -0.0100. The van der Waals surface area contributed by atoms with Gasteiger partial charge in [0, 0.05) is 12.6 Å². The molecule has 0 radical (unpaired) electrons. The lowest BCUT2D eigenvalue weighted by molar-refractivity contribution is -0.151. The molecule has 4 nitrogen and oxygen atoms in total. The number of likely N-dealkylation sites (tertiary alicyclic amines) is 2. The summed E-state index contributed by atoms with van der Waals surface area (Å²) in [5.41, 5.74) is 0. The molecule has 116 valence electrons. The number of esters is 1. The quantitative estimate of drug-likeness (QED) is 0.724. The second-order valence-corrected chi connectivity index (χ2v) is 6.22. The van der Waals surface area contributed by atoms with Crippen LogP contribution in [0.15, 0.2) is 0 Å². The third kappa shape index (κ3) is 4.19. The zero-order valence-corrected chi connectivity index (χ0v) is 13.1. The summed E-state index contributed by atoms with van der Waals surface area (Å²) in [5, 5.41) is 0. The van der Waals surface area contributed by atoms with E-state index in [0.29, 0.717) is 12.6 Å². The second kappa shape index (κ2) is 7.99. The van der Waals surface area contributed by atoms with Gasteiger partial charge >= 0.3 is 5.97 Å². The van der Waals surface area contributed by atoms with Crippen LogP contribution < -0.4 is 0 Å². The monoisotopic (exact) mass is 282 g/mol. The maximum absolute atomic E-state index is 12.0. The predicted octanol–water partition coefficient (Wildman–Crippen LogP) is 2.28. The number of carbonyl (C=O) groups excluding carboxylic acids is 1.